The van der Waals surface area contributed by atoms with Crippen LogP contribution in [0.5, 0.6) is 0 Å². The minimum Gasteiger partial charge on any atom is -0.444 e. The predicted octanol–water partition coefficient (Wildman–Crippen LogP) is 1.55. The molecule has 0 atom stereocenters. The highest BCUT2D eigenvalue weighted by Crippen LogP contribution is 2.45. The Bertz CT molecular complexity index is 682. The van der Waals surface area contributed by atoms with Crippen molar-refractivity contribution < 1.29 is 19.1 Å². The van der Waals surface area contributed by atoms with E-state index in [1.54, 1.807) is 4.90 Å². The molecule has 1 fully saturated rings. The summed E-state index contributed by atoms with van der Waals surface area (Å²) in [6.45, 7) is 7.15. The van der Waals surface area contributed by atoms with Crippen molar-refractivity contribution in [3.63, 3.8) is 0 Å². The van der Waals surface area contributed by atoms with Gasteiger partial charge in [0, 0.05) is 12.1 Å². The topological polar surface area (TPSA) is 80.2 Å². The molecule has 1 saturated heterocycles. The normalized spacial score (nSPS) is 22.2. The number of carbonyl (C=O) groups excluding carboxylic acids is 2. The van der Waals surface area contributed by atoms with Gasteiger partial charge in [0.15, 0.2) is 11.1 Å². The highest BCUT2D eigenvalue weighted by Gasteiger charge is 2.51. The van der Waals surface area contributed by atoms with E-state index in [9.17, 15) is 9.59 Å². The van der Waals surface area contributed by atoms with E-state index in [1.807, 2.05) is 33.0 Å². The summed E-state index contributed by atoms with van der Waals surface area (Å²) >= 11 is 1.41. The highest BCUT2D eigenvalue weighted by atomic mass is 32.2. The van der Waals surface area contributed by atoms with Gasteiger partial charge in [0.2, 0.25) is 0 Å². The Morgan fingerprint density at radius 1 is 1.46 bits per heavy atom. The monoisotopic (exact) mass is 351 g/mol. The van der Waals surface area contributed by atoms with Gasteiger partial charge in [0.25, 0.3) is 0 Å². The van der Waals surface area contributed by atoms with Crippen molar-refractivity contribution in [1.82, 2.24) is 10.2 Å². The standard InChI is InChI=1S/C16H21N3O4S/c1-15(2,3)23-14(21)19-5-10-12(16(7-19)8-22-9-16)11(6-20)18-13(17-10)24-4/h5,7-9H2,1-4H3,(H,17,18). The van der Waals surface area contributed by atoms with E-state index >= 15 is 0 Å². The number of ether oxygens (including phenoxy) is 2. The number of fused-ring (bicyclic) bond motifs is 1. The first-order valence-corrected chi connectivity index (χ1v) is 8.95. The molecule has 0 aromatic rings. The van der Waals surface area contributed by atoms with Crippen molar-refractivity contribution in [2.24, 2.45) is 10.4 Å². The Kier molecular flexibility index (Phi) is 4.23. The van der Waals surface area contributed by atoms with Crippen LogP contribution >= 0.6 is 11.8 Å². The lowest BCUT2D eigenvalue weighted by atomic mass is 9.73. The molecule has 3 aliphatic rings. The summed E-state index contributed by atoms with van der Waals surface area (Å²) in [7, 11) is 0. The van der Waals surface area contributed by atoms with Crippen LogP contribution in [0.4, 0.5) is 4.79 Å². The van der Waals surface area contributed by atoms with Crippen LogP contribution < -0.4 is 5.32 Å². The van der Waals surface area contributed by atoms with Crippen LogP contribution in [0.15, 0.2) is 22.0 Å². The molecule has 0 aliphatic carbocycles. The number of amidine groups is 1. The van der Waals surface area contributed by atoms with Gasteiger partial charge in [-0.25, -0.2) is 14.6 Å². The lowest BCUT2D eigenvalue weighted by Crippen LogP contribution is -2.59. The Hall–Kier alpha value is -1.76. The highest BCUT2D eigenvalue weighted by molar-refractivity contribution is 8.13. The summed E-state index contributed by atoms with van der Waals surface area (Å²) in [6.07, 6.45) is 1.49. The summed E-state index contributed by atoms with van der Waals surface area (Å²) in [5.74, 6) is 1.99. The van der Waals surface area contributed by atoms with Gasteiger partial charge in [0.05, 0.1) is 30.9 Å². The summed E-state index contributed by atoms with van der Waals surface area (Å²) in [5.41, 5.74) is 0.942. The number of nitrogens with zero attached hydrogens (tertiary/aromatic N) is 2. The maximum Gasteiger partial charge on any atom is 0.410 e. The number of nitrogens with one attached hydrogen (secondary N) is 1. The van der Waals surface area contributed by atoms with Gasteiger partial charge < -0.3 is 19.7 Å². The lowest BCUT2D eigenvalue weighted by molar-refractivity contribution is -0.106. The molecule has 1 spiro atoms. The van der Waals surface area contributed by atoms with Crippen molar-refractivity contribution in [3.8, 4) is 0 Å². The Morgan fingerprint density at radius 3 is 2.67 bits per heavy atom. The molecule has 0 aromatic heterocycles. The van der Waals surface area contributed by atoms with Gasteiger partial charge in [-0.2, -0.15) is 0 Å². The fraction of sp³-hybridized carbons (Fsp3) is 0.625. The molecule has 24 heavy (non-hydrogen) atoms. The summed E-state index contributed by atoms with van der Waals surface area (Å²) < 4.78 is 10.9. The molecule has 0 aromatic carbocycles. The van der Waals surface area contributed by atoms with E-state index in [4.69, 9.17) is 9.47 Å². The molecule has 130 valence electrons. The Morgan fingerprint density at radius 2 is 2.17 bits per heavy atom. The molecule has 1 amide bonds. The van der Waals surface area contributed by atoms with Gasteiger partial charge in [-0.05, 0) is 27.0 Å². The number of amides is 1. The molecule has 0 saturated carbocycles. The van der Waals surface area contributed by atoms with Crippen LogP contribution in [0, 0.1) is 5.41 Å². The van der Waals surface area contributed by atoms with E-state index in [2.05, 4.69) is 10.3 Å². The first kappa shape index (κ1) is 17.1. The Balaban J connectivity index is 1.97. The van der Waals surface area contributed by atoms with Gasteiger partial charge in [-0.15, -0.1) is 0 Å². The van der Waals surface area contributed by atoms with Crippen LogP contribution in [0.3, 0.4) is 0 Å². The fourth-order valence-corrected chi connectivity index (χ4v) is 3.51. The molecule has 0 unspecified atom stereocenters. The molecule has 3 aliphatic heterocycles. The second-order valence-electron chi connectivity index (χ2n) is 7.15. The smallest absolute Gasteiger partial charge is 0.410 e. The number of thioether (sulfide) groups is 1. The SMILES string of the molecule is CSC1=NC2=C(C(=C=O)N1)C1(COC1)CN(C(=O)OC(C)(C)C)C2. The number of carbonyl (C=O) groups is 1. The average Bonchev–Trinajstić information content (AvgIpc) is 2.49. The largest absolute Gasteiger partial charge is 0.444 e. The maximum atomic E-state index is 12.5. The minimum absolute atomic E-state index is 0.308. The number of aliphatic imine (C=N–C) groups is 1. The molecule has 8 heteroatoms. The predicted molar refractivity (Wildman–Crippen MR) is 91.4 cm³/mol. The lowest BCUT2D eigenvalue weighted by Gasteiger charge is -2.50. The van der Waals surface area contributed by atoms with E-state index in [-0.39, 0.29) is 6.09 Å². The van der Waals surface area contributed by atoms with Crippen molar-refractivity contribution >= 4 is 29.0 Å². The zero-order valence-electron chi connectivity index (χ0n) is 14.3. The van der Waals surface area contributed by atoms with Gasteiger partial charge >= 0.3 is 6.09 Å². The van der Waals surface area contributed by atoms with E-state index in [1.165, 1.54) is 11.8 Å². The van der Waals surface area contributed by atoms with Gasteiger partial charge in [-0.1, -0.05) is 11.8 Å². The third-order valence-corrected chi connectivity index (χ3v) is 4.66. The molecule has 1 N–H and O–H groups in total. The molecule has 3 rings (SSSR count). The quantitative estimate of drug-likeness (QED) is 0.667. The van der Waals surface area contributed by atoms with Crippen LogP contribution in [-0.4, -0.2) is 60.3 Å². The van der Waals surface area contributed by atoms with Crippen molar-refractivity contribution in [1.29, 1.82) is 0 Å². The molecule has 0 bridgehead atoms. The van der Waals surface area contributed by atoms with Crippen molar-refractivity contribution in [2.75, 3.05) is 32.6 Å². The van der Waals surface area contributed by atoms with Gasteiger partial charge in [0.1, 0.15) is 11.3 Å². The summed E-state index contributed by atoms with van der Waals surface area (Å²) in [5, 5.41) is 3.63. The molecule has 7 nitrogen and oxygen atoms in total. The van der Waals surface area contributed by atoms with Crippen LogP contribution in [0.25, 0.3) is 0 Å². The second-order valence-corrected chi connectivity index (χ2v) is 7.95. The van der Waals surface area contributed by atoms with Crippen LogP contribution in [0.2, 0.25) is 0 Å². The first-order chi connectivity index (χ1) is 11.3. The molecule has 3 heterocycles. The number of rotatable bonds is 0. The second kappa shape index (κ2) is 5.95. The van der Waals surface area contributed by atoms with E-state index < -0.39 is 11.0 Å². The van der Waals surface area contributed by atoms with Gasteiger partial charge in [-0.3, -0.25) is 0 Å². The Labute approximate surface area is 145 Å². The molecular formula is C16H21N3O4S. The number of hydrogen-bond donors (Lipinski definition) is 1. The van der Waals surface area contributed by atoms with Crippen LogP contribution in [-0.2, 0) is 14.3 Å². The zero-order valence-corrected chi connectivity index (χ0v) is 15.1. The molecular weight excluding hydrogens is 330 g/mol. The van der Waals surface area contributed by atoms with Crippen molar-refractivity contribution in [3.05, 3.63) is 17.0 Å². The maximum absolute atomic E-state index is 12.5. The number of hydrogen-bond acceptors (Lipinski definition) is 7. The molecule has 0 radical (unpaired) electrons. The summed E-state index contributed by atoms with van der Waals surface area (Å²) in [4.78, 5) is 30.2. The third-order valence-electron chi connectivity index (χ3n) is 4.08. The third kappa shape index (κ3) is 2.97. The fourth-order valence-electron chi connectivity index (χ4n) is 3.10. The van der Waals surface area contributed by atoms with Crippen LogP contribution in [0.1, 0.15) is 20.8 Å². The van der Waals surface area contributed by atoms with Crippen molar-refractivity contribution in [2.45, 2.75) is 26.4 Å². The first-order valence-electron chi connectivity index (χ1n) is 7.72. The summed E-state index contributed by atoms with van der Waals surface area (Å²) in [6, 6.07) is 0. The number of allylic oxidation sites excluding steroid dienone is 1. The minimum atomic E-state index is -0.565. The average molecular weight is 351 g/mol. The van der Waals surface area contributed by atoms with E-state index in [0.717, 1.165) is 5.57 Å². The van der Waals surface area contributed by atoms with E-state index in [0.29, 0.717) is 42.9 Å². The zero-order chi connectivity index (χ0) is 17.5.